The molecule has 7 heteroatoms. The third-order valence-corrected chi connectivity index (χ3v) is 20.5. The highest BCUT2D eigenvalue weighted by atomic mass is 32.3. The van der Waals surface area contributed by atoms with Crippen molar-refractivity contribution in [3.05, 3.63) is 236 Å². The Balaban J connectivity index is 1.15. The van der Waals surface area contributed by atoms with Crippen molar-refractivity contribution in [2.45, 2.75) is 53.0 Å². The molecule has 0 radical (unpaired) electrons. The number of para-hydroxylation sites is 4. The number of rotatable bonds is 7. The first-order valence-electron chi connectivity index (χ1n) is 22.1. The van der Waals surface area contributed by atoms with Gasteiger partial charge in [0.15, 0.2) is 29.0 Å². The standard InChI is InChI=1S/C59H43N3O2S2/c1-40-22-19-23-41(2)54(40)59-61-57(46-32-20-38-52-55(46)63-48-34-15-17-36-50(48)65(52,42-24-7-3-8-25-42)43-26-9-4-10-27-43)60-58(62-59)47-33-21-39-53-56(47)64-49-35-16-18-37-51(49)66(53,44-28-11-5-12-29-44)45-30-13-6-14-31-45/h3-39H,1-2H3. The average Bonchev–Trinajstić information content (AvgIpc) is 3.38. The fraction of sp³-hybridized carbons (Fsp3) is 0.0339. The summed E-state index contributed by atoms with van der Waals surface area (Å²) in [5, 5.41) is 0. The maximum Gasteiger partial charge on any atom is 0.167 e. The van der Waals surface area contributed by atoms with E-state index in [1.807, 2.05) is 0 Å². The number of aryl methyl sites for hydroxylation is 2. The average molecular weight is 890 g/mol. The molecule has 2 aliphatic rings. The van der Waals surface area contributed by atoms with E-state index in [4.69, 9.17) is 24.4 Å². The Kier molecular flexibility index (Phi) is 9.70. The largest absolute Gasteiger partial charge is 0.454 e. The molecule has 2 aliphatic heterocycles. The van der Waals surface area contributed by atoms with Gasteiger partial charge in [0.25, 0.3) is 0 Å². The maximum atomic E-state index is 7.15. The Morgan fingerprint density at radius 1 is 0.303 bits per heavy atom. The second-order valence-corrected chi connectivity index (χ2v) is 22.5. The third kappa shape index (κ3) is 6.08. The minimum atomic E-state index is -2.06. The van der Waals surface area contributed by atoms with Crippen LogP contribution in [0.4, 0.5) is 0 Å². The van der Waals surface area contributed by atoms with Crippen molar-refractivity contribution in [3.63, 3.8) is 0 Å². The van der Waals surface area contributed by atoms with Crippen molar-refractivity contribution in [3.8, 4) is 57.2 Å². The second kappa shape index (κ2) is 16.1. The smallest absolute Gasteiger partial charge is 0.167 e. The molecule has 9 aromatic carbocycles. The van der Waals surface area contributed by atoms with Gasteiger partial charge in [-0.25, -0.2) is 15.0 Å². The van der Waals surface area contributed by atoms with Gasteiger partial charge >= 0.3 is 0 Å². The molecule has 0 atom stereocenters. The molecule has 66 heavy (non-hydrogen) atoms. The van der Waals surface area contributed by atoms with Crippen LogP contribution >= 0.6 is 20.1 Å². The van der Waals surface area contributed by atoms with Crippen molar-refractivity contribution in [1.29, 1.82) is 0 Å². The van der Waals surface area contributed by atoms with Crippen LogP contribution in [-0.4, -0.2) is 15.0 Å². The maximum absolute atomic E-state index is 7.15. The van der Waals surface area contributed by atoms with Gasteiger partial charge in [0.05, 0.1) is 11.1 Å². The van der Waals surface area contributed by atoms with Gasteiger partial charge in [-0.1, -0.05) is 127 Å². The summed E-state index contributed by atoms with van der Waals surface area (Å²) in [6.07, 6.45) is 0. The summed E-state index contributed by atoms with van der Waals surface area (Å²) >= 11 is 0. The first kappa shape index (κ1) is 39.8. The molecule has 0 spiro atoms. The SMILES string of the molecule is Cc1cccc(C)c1-c1nc(-c2cccc3c2Oc2ccccc2S3(c2ccccc2)c2ccccc2)nc(-c2cccc3c2Oc2ccccc2S3(c2ccccc2)c2ccccc2)n1. The molecule has 1 aromatic heterocycles. The Hall–Kier alpha value is -7.71. The lowest BCUT2D eigenvalue weighted by Gasteiger charge is -2.46. The van der Waals surface area contributed by atoms with Crippen LogP contribution in [0.15, 0.2) is 264 Å². The van der Waals surface area contributed by atoms with Crippen molar-refractivity contribution in [1.82, 2.24) is 15.0 Å². The van der Waals surface area contributed by atoms with E-state index in [9.17, 15) is 0 Å². The van der Waals surface area contributed by atoms with Gasteiger partial charge in [-0.2, -0.15) is 0 Å². The van der Waals surface area contributed by atoms with Crippen molar-refractivity contribution in [2.24, 2.45) is 0 Å². The highest BCUT2D eigenvalue weighted by molar-refractivity contribution is 8.34. The van der Waals surface area contributed by atoms with E-state index in [-0.39, 0.29) is 0 Å². The number of benzene rings is 9. The number of hydrogen-bond acceptors (Lipinski definition) is 5. The molecular weight excluding hydrogens is 847 g/mol. The van der Waals surface area contributed by atoms with E-state index in [2.05, 4.69) is 238 Å². The lowest BCUT2D eigenvalue weighted by molar-refractivity contribution is 0.453. The molecule has 3 heterocycles. The molecular formula is C59H43N3O2S2. The molecule has 0 N–H and O–H groups in total. The van der Waals surface area contributed by atoms with Crippen LogP contribution in [0.5, 0.6) is 23.0 Å². The quantitative estimate of drug-likeness (QED) is 0.160. The minimum Gasteiger partial charge on any atom is -0.454 e. The molecule has 0 unspecified atom stereocenters. The predicted octanol–water partition coefficient (Wildman–Crippen LogP) is 16.4. The van der Waals surface area contributed by atoms with Gasteiger partial charge in [-0.05, 0) is 122 Å². The molecule has 0 saturated heterocycles. The Morgan fingerprint density at radius 2 is 0.621 bits per heavy atom. The molecule has 0 aliphatic carbocycles. The van der Waals surface area contributed by atoms with Gasteiger partial charge in [0.2, 0.25) is 0 Å². The second-order valence-electron chi connectivity index (χ2n) is 16.4. The zero-order valence-electron chi connectivity index (χ0n) is 36.3. The Labute approximate surface area is 388 Å². The van der Waals surface area contributed by atoms with Crippen molar-refractivity contribution >= 4 is 20.1 Å². The number of fused-ring (bicyclic) bond motifs is 4. The predicted molar refractivity (Wildman–Crippen MR) is 266 cm³/mol. The summed E-state index contributed by atoms with van der Waals surface area (Å²) in [5.41, 5.74) is 4.69. The first-order chi connectivity index (χ1) is 32.6. The lowest BCUT2D eigenvalue weighted by atomic mass is 10.0. The van der Waals surface area contributed by atoms with Gasteiger partial charge in [-0.3, -0.25) is 0 Å². The highest BCUT2D eigenvalue weighted by Crippen LogP contribution is 2.81. The molecule has 0 saturated carbocycles. The lowest BCUT2D eigenvalue weighted by Crippen LogP contribution is -2.13. The van der Waals surface area contributed by atoms with Crippen LogP contribution in [-0.2, 0) is 0 Å². The van der Waals surface area contributed by atoms with E-state index < -0.39 is 20.1 Å². The molecule has 10 aromatic rings. The van der Waals surface area contributed by atoms with E-state index in [0.717, 1.165) is 70.4 Å². The van der Waals surface area contributed by atoms with Gasteiger partial charge in [0.1, 0.15) is 11.5 Å². The van der Waals surface area contributed by atoms with E-state index >= 15 is 0 Å². The topological polar surface area (TPSA) is 57.1 Å². The van der Waals surface area contributed by atoms with Crippen molar-refractivity contribution < 1.29 is 9.47 Å². The number of nitrogens with zero attached hydrogens (tertiary/aromatic N) is 3. The van der Waals surface area contributed by atoms with Gasteiger partial charge in [-0.15, -0.1) is 20.1 Å². The van der Waals surface area contributed by atoms with E-state index in [1.165, 1.54) is 19.6 Å². The Bertz CT molecular complexity index is 3160. The van der Waals surface area contributed by atoms with Crippen LogP contribution in [0.2, 0.25) is 0 Å². The first-order valence-corrected chi connectivity index (χ1v) is 25.3. The number of aromatic nitrogens is 3. The van der Waals surface area contributed by atoms with Crippen LogP contribution in [0.1, 0.15) is 11.1 Å². The molecule has 0 amide bonds. The molecule has 318 valence electrons. The highest BCUT2D eigenvalue weighted by Gasteiger charge is 2.44. The zero-order valence-corrected chi connectivity index (χ0v) is 38.0. The van der Waals surface area contributed by atoms with Crippen LogP contribution in [0.25, 0.3) is 34.2 Å². The molecule has 0 fully saturated rings. The molecule has 0 bridgehead atoms. The molecule has 12 rings (SSSR count). The van der Waals surface area contributed by atoms with E-state index in [1.54, 1.807) is 0 Å². The zero-order chi connectivity index (χ0) is 44.2. The fourth-order valence-electron chi connectivity index (χ4n) is 9.79. The van der Waals surface area contributed by atoms with Gasteiger partial charge in [0, 0.05) is 44.7 Å². The summed E-state index contributed by atoms with van der Waals surface area (Å²) in [5.74, 6) is 4.72. The normalized spacial score (nSPS) is 14.8. The Morgan fingerprint density at radius 3 is 1.02 bits per heavy atom. The van der Waals surface area contributed by atoms with Gasteiger partial charge < -0.3 is 9.47 Å². The van der Waals surface area contributed by atoms with Crippen molar-refractivity contribution in [2.75, 3.05) is 0 Å². The third-order valence-electron chi connectivity index (χ3n) is 12.6. The summed E-state index contributed by atoms with van der Waals surface area (Å²) in [6.45, 7) is 4.24. The summed E-state index contributed by atoms with van der Waals surface area (Å²) in [7, 11) is -4.12. The van der Waals surface area contributed by atoms with Crippen LogP contribution < -0.4 is 9.47 Å². The summed E-state index contributed by atoms with van der Waals surface area (Å²) in [6, 6.07) is 79.6. The van der Waals surface area contributed by atoms with Crippen LogP contribution in [0.3, 0.4) is 0 Å². The molecule has 5 nitrogen and oxygen atoms in total. The minimum absolute atomic E-state index is 0.516. The summed E-state index contributed by atoms with van der Waals surface area (Å²) in [4.78, 5) is 25.7. The monoisotopic (exact) mass is 889 g/mol. The van der Waals surface area contributed by atoms with E-state index in [0.29, 0.717) is 17.5 Å². The fourth-order valence-corrected chi connectivity index (χ4v) is 17.9. The summed E-state index contributed by atoms with van der Waals surface area (Å²) < 4.78 is 14.3. The van der Waals surface area contributed by atoms with Crippen LogP contribution in [0, 0.1) is 13.8 Å². The number of ether oxygens (including phenoxy) is 2. The number of hydrogen-bond donors (Lipinski definition) is 0.